The number of H-pyrrole nitrogens is 1. The largest absolute Gasteiger partial charge is 0.496 e. The van der Waals surface area contributed by atoms with Crippen molar-refractivity contribution in [3.63, 3.8) is 0 Å². The van der Waals surface area contributed by atoms with Crippen LogP contribution in [0.3, 0.4) is 0 Å². The van der Waals surface area contributed by atoms with Crippen molar-refractivity contribution in [3.05, 3.63) is 47.0 Å². The van der Waals surface area contributed by atoms with Crippen LogP contribution in [0.15, 0.2) is 29.6 Å². The highest BCUT2D eigenvalue weighted by molar-refractivity contribution is 7.84. The van der Waals surface area contributed by atoms with Gasteiger partial charge in [-0.3, -0.25) is 9.19 Å². The normalized spacial score (nSPS) is 12.5. The summed E-state index contributed by atoms with van der Waals surface area (Å²) in [5, 5.41) is 0.311. The third-order valence-corrected chi connectivity index (χ3v) is 4.82. The van der Waals surface area contributed by atoms with E-state index in [1.807, 2.05) is 13.8 Å². The molecule has 0 saturated heterocycles. The van der Waals surface area contributed by atoms with Crippen molar-refractivity contribution in [3.8, 4) is 5.75 Å². The molecule has 1 aromatic carbocycles. The lowest BCUT2D eigenvalue weighted by Crippen LogP contribution is -2.05. The number of imidazole rings is 1. The number of aromatic nitrogens is 3. The smallest absolute Gasteiger partial charge is 0.197 e. The summed E-state index contributed by atoms with van der Waals surface area (Å²) in [4.78, 5) is 11.5. The van der Waals surface area contributed by atoms with E-state index in [4.69, 9.17) is 4.74 Å². The van der Waals surface area contributed by atoms with Crippen molar-refractivity contribution in [1.29, 1.82) is 0 Å². The van der Waals surface area contributed by atoms with Crippen LogP contribution in [-0.4, -0.2) is 26.3 Å². The van der Waals surface area contributed by atoms with Gasteiger partial charge in [0.15, 0.2) is 5.16 Å². The Balaban J connectivity index is 1.91. The Kier molecular flexibility index (Phi) is 4.12. The minimum atomic E-state index is -1.41. The van der Waals surface area contributed by atoms with E-state index in [0.717, 1.165) is 16.9 Å². The third kappa shape index (κ3) is 2.96. The maximum absolute atomic E-state index is 13.2. The molecule has 3 rings (SSSR count). The molecular formula is C16H16FN3O2S. The summed E-state index contributed by atoms with van der Waals surface area (Å²) in [7, 11) is 0.193. The zero-order valence-corrected chi connectivity index (χ0v) is 13.8. The molecule has 1 atom stereocenters. The molecule has 0 spiro atoms. The standard InChI is InChI=1S/C16H16FN3O2S/c1-9-7-18-14(10(2)15(9)22-3)8-23(21)16-19-12-5-4-11(17)6-13(12)20-16/h4-7H,8H2,1-3H3,(H,19,20)/t23-/m0/s1. The summed E-state index contributed by atoms with van der Waals surface area (Å²) in [6, 6.07) is 4.22. The van der Waals surface area contributed by atoms with Crippen LogP contribution in [0.4, 0.5) is 4.39 Å². The van der Waals surface area contributed by atoms with E-state index in [1.54, 1.807) is 19.4 Å². The van der Waals surface area contributed by atoms with Crippen molar-refractivity contribution in [2.24, 2.45) is 0 Å². The number of rotatable bonds is 4. The number of methoxy groups -OCH3 is 1. The summed E-state index contributed by atoms with van der Waals surface area (Å²) in [5.74, 6) is 0.600. The molecule has 0 aliphatic carbocycles. The molecule has 0 amide bonds. The highest BCUT2D eigenvalue weighted by Gasteiger charge is 2.16. The first-order valence-corrected chi connectivity index (χ1v) is 8.34. The predicted molar refractivity (Wildman–Crippen MR) is 86.4 cm³/mol. The Morgan fingerprint density at radius 2 is 2.13 bits per heavy atom. The van der Waals surface area contributed by atoms with Gasteiger partial charge in [0.2, 0.25) is 0 Å². The molecule has 0 bridgehead atoms. The van der Waals surface area contributed by atoms with Gasteiger partial charge in [0, 0.05) is 17.3 Å². The predicted octanol–water partition coefficient (Wildman–Crippen LogP) is 3.03. The van der Waals surface area contributed by atoms with E-state index in [2.05, 4.69) is 15.0 Å². The highest BCUT2D eigenvalue weighted by atomic mass is 32.2. The van der Waals surface area contributed by atoms with Crippen molar-refractivity contribution in [1.82, 2.24) is 15.0 Å². The minimum absolute atomic E-state index is 0.213. The lowest BCUT2D eigenvalue weighted by atomic mass is 10.1. The average Bonchev–Trinajstić information content (AvgIpc) is 2.93. The SMILES string of the molecule is COc1c(C)cnc(C[S@](=O)c2nc3ccc(F)cc3[nH]2)c1C. The topological polar surface area (TPSA) is 67.9 Å². The second kappa shape index (κ2) is 6.08. The van der Waals surface area contributed by atoms with Crippen LogP contribution >= 0.6 is 0 Å². The number of pyridine rings is 1. The number of ether oxygens (including phenoxy) is 1. The Bertz CT molecular complexity index is 908. The Labute approximate surface area is 135 Å². The molecule has 0 aliphatic rings. The number of benzene rings is 1. The number of nitrogens with zero attached hydrogens (tertiary/aromatic N) is 2. The van der Waals surface area contributed by atoms with Gasteiger partial charge in [-0.1, -0.05) is 0 Å². The van der Waals surface area contributed by atoms with Crippen LogP contribution in [0, 0.1) is 19.7 Å². The minimum Gasteiger partial charge on any atom is -0.496 e. The van der Waals surface area contributed by atoms with Gasteiger partial charge in [0.1, 0.15) is 11.6 Å². The molecule has 2 aromatic heterocycles. The zero-order valence-electron chi connectivity index (χ0n) is 13.0. The van der Waals surface area contributed by atoms with E-state index < -0.39 is 10.8 Å². The number of fused-ring (bicyclic) bond motifs is 1. The summed E-state index contributed by atoms with van der Waals surface area (Å²) < 4.78 is 31.1. The van der Waals surface area contributed by atoms with Gasteiger partial charge in [0.25, 0.3) is 0 Å². The number of aryl methyl sites for hydroxylation is 1. The van der Waals surface area contributed by atoms with Gasteiger partial charge in [0.05, 0.1) is 40.4 Å². The maximum atomic E-state index is 13.2. The second-order valence-electron chi connectivity index (χ2n) is 5.24. The van der Waals surface area contributed by atoms with E-state index in [0.29, 0.717) is 21.9 Å². The van der Waals surface area contributed by atoms with Crippen molar-refractivity contribution in [2.45, 2.75) is 24.8 Å². The third-order valence-electron chi connectivity index (χ3n) is 3.66. The lowest BCUT2D eigenvalue weighted by Gasteiger charge is -2.11. The molecule has 7 heteroatoms. The van der Waals surface area contributed by atoms with Gasteiger partial charge in [-0.2, -0.15) is 0 Å². The first-order chi connectivity index (χ1) is 11.0. The fourth-order valence-corrected chi connectivity index (χ4v) is 3.58. The van der Waals surface area contributed by atoms with Crippen LogP contribution in [0.25, 0.3) is 11.0 Å². The molecule has 23 heavy (non-hydrogen) atoms. The Morgan fingerprint density at radius 1 is 1.35 bits per heavy atom. The van der Waals surface area contributed by atoms with Crippen LogP contribution in [-0.2, 0) is 16.6 Å². The molecule has 0 aliphatic heterocycles. The fraction of sp³-hybridized carbons (Fsp3) is 0.250. The second-order valence-corrected chi connectivity index (χ2v) is 6.61. The van der Waals surface area contributed by atoms with Gasteiger partial charge >= 0.3 is 0 Å². The van der Waals surface area contributed by atoms with Crippen LogP contribution in [0.5, 0.6) is 5.75 Å². The Hall–Kier alpha value is -2.28. The molecule has 5 nitrogen and oxygen atoms in total. The monoisotopic (exact) mass is 333 g/mol. The van der Waals surface area contributed by atoms with E-state index in [9.17, 15) is 8.60 Å². The molecule has 1 N–H and O–H groups in total. The Morgan fingerprint density at radius 3 is 2.87 bits per heavy atom. The van der Waals surface area contributed by atoms with Crippen LogP contribution < -0.4 is 4.74 Å². The van der Waals surface area contributed by atoms with E-state index >= 15 is 0 Å². The number of halogens is 1. The molecule has 3 aromatic rings. The highest BCUT2D eigenvalue weighted by Crippen LogP contribution is 2.25. The van der Waals surface area contributed by atoms with Crippen LogP contribution in [0.2, 0.25) is 0 Å². The molecule has 2 heterocycles. The molecule has 0 radical (unpaired) electrons. The van der Waals surface area contributed by atoms with Gasteiger partial charge in [-0.15, -0.1) is 0 Å². The van der Waals surface area contributed by atoms with E-state index in [1.165, 1.54) is 12.1 Å². The van der Waals surface area contributed by atoms with Gasteiger partial charge in [-0.25, -0.2) is 9.37 Å². The summed E-state index contributed by atoms with van der Waals surface area (Å²) >= 11 is 0. The fourth-order valence-electron chi connectivity index (χ4n) is 2.48. The number of hydrogen-bond donors (Lipinski definition) is 1. The maximum Gasteiger partial charge on any atom is 0.197 e. The van der Waals surface area contributed by atoms with Crippen molar-refractivity contribution < 1.29 is 13.3 Å². The molecule has 0 fully saturated rings. The first-order valence-electron chi connectivity index (χ1n) is 7.02. The van der Waals surface area contributed by atoms with Crippen molar-refractivity contribution >= 4 is 21.8 Å². The van der Waals surface area contributed by atoms with Gasteiger partial charge < -0.3 is 9.72 Å². The zero-order chi connectivity index (χ0) is 16.6. The molecule has 120 valence electrons. The van der Waals surface area contributed by atoms with Gasteiger partial charge in [-0.05, 0) is 32.0 Å². The first kappa shape index (κ1) is 15.6. The summed E-state index contributed by atoms with van der Waals surface area (Å²) in [6.45, 7) is 3.80. The summed E-state index contributed by atoms with van der Waals surface area (Å²) in [6.07, 6.45) is 1.70. The van der Waals surface area contributed by atoms with Crippen LogP contribution in [0.1, 0.15) is 16.8 Å². The number of aromatic amines is 1. The quantitative estimate of drug-likeness (QED) is 0.797. The summed E-state index contributed by atoms with van der Waals surface area (Å²) in [5.41, 5.74) is 3.60. The molecule has 0 unspecified atom stereocenters. The average molecular weight is 333 g/mol. The number of hydrogen-bond acceptors (Lipinski definition) is 4. The lowest BCUT2D eigenvalue weighted by molar-refractivity contribution is 0.407. The number of nitrogens with one attached hydrogen (secondary N) is 1. The molecule has 0 saturated carbocycles. The molecular weight excluding hydrogens is 317 g/mol. The van der Waals surface area contributed by atoms with Crippen molar-refractivity contribution in [2.75, 3.05) is 7.11 Å². The van der Waals surface area contributed by atoms with E-state index in [-0.39, 0.29) is 11.6 Å².